The van der Waals surface area contributed by atoms with Crippen LogP contribution in [0.4, 0.5) is 17.2 Å². The van der Waals surface area contributed by atoms with Crippen LogP contribution in [0.3, 0.4) is 0 Å². The van der Waals surface area contributed by atoms with Crippen LogP contribution in [0.25, 0.3) is 16.9 Å². The maximum Gasteiger partial charge on any atom is 3.00 e. The van der Waals surface area contributed by atoms with Crippen molar-refractivity contribution in [3.63, 3.8) is 0 Å². The number of pyridine rings is 1. The zero-order chi connectivity index (χ0) is 33.2. The molecule has 7 aromatic rings. The molecule has 0 aliphatic carbocycles. The zero-order valence-corrected chi connectivity index (χ0v) is 30.8. The van der Waals surface area contributed by atoms with Crippen LogP contribution < -0.4 is 26.0 Å². The van der Waals surface area contributed by atoms with E-state index in [1.165, 1.54) is 50.1 Å². The molecule has 1 aliphatic heterocycles. The molecule has 0 unspecified atom stereocenters. The molecule has 0 spiro atoms. The fourth-order valence-corrected chi connectivity index (χ4v) is 6.98. The van der Waals surface area contributed by atoms with Gasteiger partial charge in [-0.25, -0.2) is 0 Å². The third-order valence-electron chi connectivity index (χ3n) is 9.09. The number of benzene rings is 5. The number of para-hydroxylation sites is 3. The summed E-state index contributed by atoms with van der Waals surface area (Å²) in [6, 6.07) is 50.5. The third-order valence-corrected chi connectivity index (χ3v) is 9.09. The van der Waals surface area contributed by atoms with Gasteiger partial charge in [0.05, 0.1) is 5.69 Å². The first-order chi connectivity index (χ1) is 23.4. The van der Waals surface area contributed by atoms with E-state index in [1.807, 2.05) is 54.6 Å². The van der Waals surface area contributed by atoms with Gasteiger partial charge in [0.1, 0.15) is 11.5 Å². The van der Waals surface area contributed by atoms with E-state index >= 15 is 0 Å². The van der Waals surface area contributed by atoms with Crippen LogP contribution in [0.1, 0.15) is 22.3 Å². The summed E-state index contributed by atoms with van der Waals surface area (Å²) in [6.07, 6.45) is 5.43. The van der Waals surface area contributed by atoms with E-state index in [0.717, 1.165) is 22.8 Å². The van der Waals surface area contributed by atoms with E-state index in [1.54, 1.807) is 6.20 Å². The Morgan fingerprint density at radius 3 is 1.92 bits per heavy atom. The monoisotopic (exact) mass is 813 g/mol. The Kier molecular flexibility index (Phi) is 10.1. The molecule has 6 heteroatoms. The number of nitrogens with zero attached hydrogens (tertiary/aromatic N) is 4. The quantitative estimate of drug-likeness (QED) is 0.109. The number of anilines is 3. The topological polar surface area (TPSA) is 24.9 Å². The summed E-state index contributed by atoms with van der Waals surface area (Å²) in [5.41, 5.74) is 14.4. The molecule has 4 nitrogen and oxygen atoms in total. The van der Waals surface area contributed by atoms with Crippen molar-refractivity contribution in [2.24, 2.45) is 7.05 Å². The number of aryl methyl sites for hydroxylation is 5. The van der Waals surface area contributed by atoms with Gasteiger partial charge in [0, 0.05) is 18.8 Å². The molecule has 0 bridgehead atoms. The van der Waals surface area contributed by atoms with Gasteiger partial charge in [0.25, 0.3) is 0 Å². The largest absolute Gasteiger partial charge is 3.00 e. The Morgan fingerprint density at radius 1 is 0.653 bits per heavy atom. The van der Waals surface area contributed by atoms with Gasteiger partial charge in [-0.3, -0.25) is 4.90 Å². The van der Waals surface area contributed by atoms with Gasteiger partial charge in [-0.15, -0.1) is 35.9 Å². The summed E-state index contributed by atoms with van der Waals surface area (Å²) >= 11 is 0. The minimum atomic E-state index is 0. The summed E-state index contributed by atoms with van der Waals surface area (Å²) in [5.74, 6) is 1.14. The second-order valence-electron chi connectivity index (χ2n) is 12.3. The Labute approximate surface area is 304 Å². The Balaban J connectivity index is 0.000000270. The van der Waals surface area contributed by atoms with E-state index in [4.69, 9.17) is 0 Å². The predicted octanol–water partition coefficient (Wildman–Crippen LogP) is 6.98. The standard InChI is InChI=1S/C32H29BN3.C11H8N.Ir/c1-22-13-11-14-23(2)29(22)33-27-19-9-10-20-28(27)36(30-24(3)15-12-16-25(30)4)32-31(33)35(21-34(32)5)26-17-7-6-8-18-26;1-2-6-10(7-3-1)11-8-4-5-9-12-11;/h6-17,19-20H,1-5H3;1-6,8-9H;/q2*-1;+3. The normalized spacial score (nSPS) is 11.5. The maximum absolute atomic E-state index is 4.22. The molecule has 0 amide bonds. The molecule has 0 saturated heterocycles. The SMILES string of the molecule is Cc1cccc(C)c1B1c2ccccc2N(c2c(C)cccc2C)c2c1n(-c1[c-]cccc1)[c-][n+]2C.[Ir+3].[c-]1ccccc1-c1ccccn1. The molecule has 0 atom stereocenters. The molecule has 2 aromatic heterocycles. The summed E-state index contributed by atoms with van der Waals surface area (Å²) in [4.78, 5) is 6.66. The molecule has 0 saturated carbocycles. The van der Waals surface area contributed by atoms with E-state index < -0.39 is 0 Å². The molecular formula is C43H37BIrN4+. The van der Waals surface area contributed by atoms with Gasteiger partial charge in [-0.05, 0) is 62.1 Å². The van der Waals surface area contributed by atoms with E-state index in [0.29, 0.717) is 0 Å². The van der Waals surface area contributed by atoms with Crippen molar-refractivity contribution in [1.29, 1.82) is 0 Å². The van der Waals surface area contributed by atoms with Crippen molar-refractivity contribution in [2.75, 3.05) is 4.90 Å². The number of aromatic nitrogens is 3. The second kappa shape index (κ2) is 14.6. The van der Waals surface area contributed by atoms with Crippen LogP contribution in [0.5, 0.6) is 0 Å². The Bertz CT molecular complexity index is 2120. The molecule has 5 aromatic carbocycles. The van der Waals surface area contributed by atoms with Gasteiger partial charge < -0.3 is 14.1 Å². The fourth-order valence-electron chi connectivity index (χ4n) is 6.98. The van der Waals surface area contributed by atoms with Gasteiger partial charge in [-0.2, -0.15) is 30.3 Å². The second-order valence-corrected chi connectivity index (χ2v) is 12.3. The average molecular weight is 813 g/mol. The van der Waals surface area contributed by atoms with Crippen molar-refractivity contribution in [3.8, 4) is 16.9 Å². The van der Waals surface area contributed by atoms with Crippen LogP contribution in [-0.2, 0) is 27.2 Å². The van der Waals surface area contributed by atoms with Crippen molar-refractivity contribution < 1.29 is 24.7 Å². The summed E-state index contributed by atoms with van der Waals surface area (Å²) in [5, 5.41) is 0. The van der Waals surface area contributed by atoms with E-state index in [9.17, 15) is 0 Å². The first kappa shape index (κ1) is 33.9. The molecule has 0 fully saturated rings. The fraction of sp³-hybridized carbons (Fsp3) is 0.116. The third kappa shape index (κ3) is 6.42. The van der Waals surface area contributed by atoms with Crippen molar-refractivity contribution in [2.45, 2.75) is 27.7 Å². The average Bonchev–Trinajstić information content (AvgIpc) is 3.46. The Hall–Kier alpha value is -5.03. The van der Waals surface area contributed by atoms with E-state index in [-0.39, 0.29) is 26.8 Å². The molecule has 49 heavy (non-hydrogen) atoms. The van der Waals surface area contributed by atoms with Crippen LogP contribution in [0.2, 0.25) is 0 Å². The summed E-state index contributed by atoms with van der Waals surface area (Å²) in [7, 11) is 2.11. The van der Waals surface area contributed by atoms with Gasteiger partial charge in [0.2, 0.25) is 6.71 Å². The molecule has 240 valence electrons. The predicted molar refractivity (Wildman–Crippen MR) is 198 cm³/mol. The Morgan fingerprint density at radius 2 is 1.29 bits per heavy atom. The summed E-state index contributed by atoms with van der Waals surface area (Å²) in [6.45, 7) is 8.92. The van der Waals surface area contributed by atoms with Crippen molar-refractivity contribution in [1.82, 2.24) is 9.55 Å². The molecule has 8 rings (SSSR count). The summed E-state index contributed by atoms with van der Waals surface area (Å²) < 4.78 is 4.36. The molecule has 3 heterocycles. The van der Waals surface area contributed by atoms with Gasteiger partial charge in [0.15, 0.2) is 6.33 Å². The molecular weight excluding hydrogens is 776 g/mol. The van der Waals surface area contributed by atoms with Crippen LogP contribution in [0, 0.1) is 46.2 Å². The molecule has 1 aliphatic rings. The maximum atomic E-state index is 4.22. The smallest absolute Gasteiger partial charge is 0.382 e. The molecule has 0 N–H and O–H groups in total. The van der Waals surface area contributed by atoms with Gasteiger partial charge in [-0.1, -0.05) is 89.0 Å². The minimum Gasteiger partial charge on any atom is -0.382 e. The first-order valence-corrected chi connectivity index (χ1v) is 16.3. The number of imidazole rings is 1. The number of hydrogen-bond donors (Lipinski definition) is 0. The molecule has 0 radical (unpaired) electrons. The van der Waals surface area contributed by atoms with Crippen molar-refractivity contribution in [3.05, 3.63) is 174 Å². The van der Waals surface area contributed by atoms with Gasteiger partial charge >= 0.3 is 20.1 Å². The zero-order valence-electron chi connectivity index (χ0n) is 28.4. The number of hydrogen-bond acceptors (Lipinski definition) is 2. The van der Waals surface area contributed by atoms with Crippen LogP contribution in [0.15, 0.2) is 134 Å². The van der Waals surface area contributed by atoms with Crippen LogP contribution >= 0.6 is 0 Å². The minimum absolute atomic E-state index is 0. The van der Waals surface area contributed by atoms with Crippen LogP contribution in [-0.4, -0.2) is 16.3 Å². The number of fused-ring (bicyclic) bond motifs is 2. The van der Waals surface area contributed by atoms with E-state index in [2.05, 4.69) is 145 Å². The number of rotatable bonds is 4. The first-order valence-electron chi connectivity index (χ1n) is 16.3. The van der Waals surface area contributed by atoms with Crippen molar-refractivity contribution >= 4 is 40.4 Å².